The first-order chi connectivity index (χ1) is 11.6. The number of aromatic nitrogens is 1. The molecule has 3 rings (SSSR count). The summed E-state index contributed by atoms with van der Waals surface area (Å²) in [5, 5.41) is 0.809. The summed E-state index contributed by atoms with van der Waals surface area (Å²) >= 11 is 3.32. The molecule has 0 spiro atoms. The lowest BCUT2D eigenvalue weighted by Crippen LogP contribution is -2.19. The molecule has 0 fully saturated rings. The van der Waals surface area contributed by atoms with Gasteiger partial charge in [-0.3, -0.25) is 4.79 Å². The van der Waals surface area contributed by atoms with Gasteiger partial charge in [0.05, 0.1) is 0 Å². The molecule has 6 heteroatoms. The summed E-state index contributed by atoms with van der Waals surface area (Å²) in [4.78, 5) is 26.9. The Hall–Kier alpha value is -2.60. The number of para-hydroxylation sites is 1. The highest BCUT2D eigenvalue weighted by Gasteiger charge is 2.14. The van der Waals surface area contributed by atoms with E-state index in [-0.39, 0.29) is 19.0 Å². The third-order valence-electron chi connectivity index (χ3n) is 3.41. The van der Waals surface area contributed by atoms with Crippen LogP contribution in [0.2, 0.25) is 0 Å². The fourth-order valence-corrected chi connectivity index (χ4v) is 2.64. The first-order valence-electron chi connectivity index (χ1n) is 7.27. The van der Waals surface area contributed by atoms with Crippen molar-refractivity contribution in [3.63, 3.8) is 0 Å². The molecule has 0 amide bonds. The van der Waals surface area contributed by atoms with Gasteiger partial charge in [-0.2, -0.15) is 0 Å². The predicted molar refractivity (Wildman–Crippen MR) is 93.2 cm³/mol. The molecule has 1 N–H and O–H groups in total. The van der Waals surface area contributed by atoms with Gasteiger partial charge >= 0.3 is 5.97 Å². The molecule has 0 atom stereocenters. The van der Waals surface area contributed by atoms with E-state index in [9.17, 15) is 9.59 Å². The third-order valence-corrected chi connectivity index (χ3v) is 3.90. The number of carbonyl (C=O) groups excluding carboxylic acids is 2. The molecule has 0 radical (unpaired) electrons. The Morgan fingerprint density at radius 1 is 1.04 bits per heavy atom. The number of esters is 1. The quantitative estimate of drug-likeness (QED) is 0.516. The highest BCUT2D eigenvalue weighted by Crippen LogP contribution is 2.19. The van der Waals surface area contributed by atoms with Gasteiger partial charge in [0.15, 0.2) is 13.2 Å². The molecule has 0 bridgehead atoms. The van der Waals surface area contributed by atoms with Crippen LogP contribution in [0.3, 0.4) is 0 Å². The van der Waals surface area contributed by atoms with Gasteiger partial charge in [-0.1, -0.05) is 40.2 Å². The van der Waals surface area contributed by atoms with Crippen LogP contribution in [0.25, 0.3) is 10.9 Å². The zero-order chi connectivity index (χ0) is 16.9. The first kappa shape index (κ1) is 16.3. The summed E-state index contributed by atoms with van der Waals surface area (Å²) in [5.41, 5.74) is 1.37. The lowest BCUT2D eigenvalue weighted by atomic mass is 10.1. The number of aromatic amines is 1. The van der Waals surface area contributed by atoms with Crippen LogP contribution in [0.4, 0.5) is 0 Å². The number of ketones is 1. The minimum atomic E-state index is -0.594. The lowest BCUT2D eigenvalue weighted by molar-refractivity contribution is -0.144. The van der Waals surface area contributed by atoms with E-state index in [1.54, 1.807) is 24.4 Å². The molecule has 0 aliphatic heterocycles. The number of halogens is 1. The molecule has 1 heterocycles. The normalized spacial score (nSPS) is 10.5. The second kappa shape index (κ2) is 7.31. The third kappa shape index (κ3) is 3.83. The maximum atomic E-state index is 12.2. The van der Waals surface area contributed by atoms with E-state index in [2.05, 4.69) is 20.9 Å². The van der Waals surface area contributed by atoms with E-state index in [0.717, 1.165) is 15.4 Å². The van der Waals surface area contributed by atoms with Crippen LogP contribution >= 0.6 is 15.9 Å². The van der Waals surface area contributed by atoms with Crippen molar-refractivity contribution in [2.45, 2.75) is 0 Å². The van der Waals surface area contributed by atoms with Crippen molar-refractivity contribution in [2.24, 2.45) is 0 Å². The highest BCUT2D eigenvalue weighted by atomic mass is 79.9. The van der Waals surface area contributed by atoms with E-state index in [1.807, 2.05) is 30.3 Å². The molecule has 2 aromatic carbocycles. The zero-order valence-corrected chi connectivity index (χ0v) is 14.2. The van der Waals surface area contributed by atoms with E-state index >= 15 is 0 Å². The van der Waals surface area contributed by atoms with Crippen LogP contribution in [-0.2, 0) is 9.53 Å². The lowest BCUT2D eigenvalue weighted by Gasteiger charge is -2.06. The van der Waals surface area contributed by atoms with E-state index in [1.165, 1.54) is 0 Å². The molecule has 5 nitrogen and oxygen atoms in total. The molecule has 0 aliphatic rings. The van der Waals surface area contributed by atoms with Crippen molar-refractivity contribution < 1.29 is 19.1 Å². The van der Waals surface area contributed by atoms with E-state index in [0.29, 0.717) is 11.3 Å². The molecule has 122 valence electrons. The Morgan fingerprint density at radius 2 is 1.88 bits per heavy atom. The molecule has 0 unspecified atom stereocenters. The van der Waals surface area contributed by atoms with Crippen molar-refractivity contribution in [1.29, 1.82) is 0 Å². The Morgan fingerprint density at radius 3 is 2.71 bits per heavy atom. The van der Waals surface area contributed by atoms with Crippen molar-refractivity contribution in [1.82, 2.24) is 4.98 Å². The van der Waals surface area contributed by atoms with Gasteiger partial charge in [0.25, 0.3) is 0 Å². The van der Waals surface area contributed by atoms with Gasteiger partial charge in [-0.15, -0.1) is 0 Å². The van der Waals surface area contributed by atoms with Crippen LogP contribution in [0.15, 0.2) is 59.2 Å². The Balaban J connectivity index is 1.53. The number of hydrogen-bond donors (Lipinski definition) is 1. The maximum absolute atomic E-state index is 12.2. The molecular formula is C18H14BrNO4. The number of fused-ring (bicyclic) bond motifs is 1. The summed E-state index contributed by atoms with van der Waals surface area (Å²) in [6.45, 7) is -0.569. The monoisotopic (exact) mass is 387 g/mol. The second-order valence-electron chi connectivity index (χ2n) is 5.08. The van der Waals surface area contributed by atoms with Crippen LogP contribution < -0.4 is 4.74 Å². The molecule has 1 aromatic heterocycles. The van der Waals surface area contributed by atoms with Gasteiger partial charge in [-0.25, -0.2) is 4.79 Å². The topological polar surface area (TPSA) is 68.4 Å². The van der Waals surface area contributed by atoms with Crippen molar-refractivity contribution in [3.05, 3.63) is 64.8 Å². The number of hydrogen-bond acceptors (Lipinski definition) is 4. The SMILES string of the molecule is O=C(COc1cccc(Br)c1)OCC(=O)c1c[nH]c2ccccc12. The summed E-state index contributed by atoms with van der Waals surface area (Å²) in [6.07, 6.45) is 1.62. The first-order valence-corrected chi connectivity index (χ1v) is 8.06. The Labute approximate surface area is 146 Å². The van der Waals surface area contributed by atoms with E-state index < -0.39 is 5.97 Å². The zero-order valence-electron chi connectivity index (χ0n) is 12.6. The molecular weight excluding hydrogens is 374 g/mol. The largest absolute Gasteiger partial charge is 0.482 e. The number of H-pyrrole nitrogens is 1. The van der Waals surface area contributed by atoms with Crippen molar-refractivity contribution >= 4 is 38.6 Å². The fourth-order valence-electron chi connectivity index (χ4n) is 2.27. The Bertz CT molecular complexity index is 887. The number of benzene rings is 2. The highest BCUT2D eigenvalue weighted by molar-refractivity contribution is 9.10. The minimum absolute atomic E-state index is 0.252. The Kier molecular flexibility index (Phi) is 4.96. The number of ether oxygens (including phenoxy) is 2. The number of nitrogens with one attached hydrogen (secondary N) is 1. The van der Waals surface area contributed by atoms with Crippen LogP contribution in [0, 0.1) is 0 Å². The molecule has 0 saturated carbocycles. The predicted octanol–water partition coefficient (Wildman–Crippen LogP) is 3.74. The summed E-state index contributed by atoms with van der Waals surface area (Å²) in [6, 6.07) is 14.6. The van der Waals surface area contributed by atoms with Crippen molar-refractivity contribution in [2.75, 3.05) is 13.2 Å². The van der Waals surface area contributed by atoms with Crippen LogP contribution in [0.5, 0.6) is 5.75 Å². The summed E-state index contributed by atoms with van der Waals surface area (Å²) in [7, 11) is 0. The number of rotatable bonds is 6. The summed E-state index contributed by atoms with van der Waals surface area (Å²) < 4.78 is 11.2. The molecule has 3 aromatic rings. The average Bonchev–Trinajstić information content (AvgIpc) is 3.02. The van der Waals surface area contributed by atoms with Gasteiger partial charge < -0.3 is 14.5 Å². The molecule has 0 saturated heterocycles. The second-order valence-corrected chi connectivity index (χ2v) is 5.99. The molecule has 24 heavy (non-hydrogen) atoms. The van der Waals surface area contributed by atoms with Gasteiger partial charge in [0.1, 0.15) is 5.75 Å². The minimum Gasteiger partial charge on any atom is -0.482 e. The standard InChI is InChI=1S/C18H14BrNO4/c19-12-4-3-5-13(8-12)23-11-18(22)24-10-17(21)15-9-20-16-7-2-1-6-14(15)16/h1-9,20H,10-11H2. The van der Waals surface area contributed by atoms with Crippen molar-refractivity contribution in [3.8, 4) is 5.75 Å². The van der Waals surface area contributed by atoms with Gasteiger partial charge in [0.2, 0.25) is 5.78 Å². The van der Waals surface area contributed by atoms with Gasteiger partial charge in [0, 0.05) is 27.1 Å². The maximum Gasteiger partial charge on any atom is 0.344 e. The number of carbonyl (C=O) groups is 2. The molecule has 0 aliphatic carbocycles. The smallest absolute Gasteiger partial charge is 0.344 e. The van der Waals surface area contributed by atoms with Crippen LogP contribution in [0.1, 0.15) is 10.4 Å². The van der Waals surface area contributed by atoms with E-state index in [4.69, 9.17) is 9.47 Å². The fraction of sp³-hybridized carbons (Fsp3) is 0.111. The number of Topliss-reactive ketones (excluding diaryl/α,β-unsaturated/α-hetero) is 1. The average molecular weight is 388 g/mol. The summed E-state index contributed by atoms with van der Waals surface area (Å²) in [5.74, 6) is -0.310. The van der Waals surface area contributed by atoms with Crippen LogP contribution in [-0.4, -0.2) is 30.0 Å². The van der Waals surface area contributed by atoms with Gasteiger partial charge in [-0.05, 0) is 24.3 Å².